The summed E-state index contributed by atoms with van der Waals surface area (Å²) in [6, 6.07) is 15.3. The zero-order valence-electron chi connectivity index (χ0n) is 15.7. The first-order valence-electron chi connectivity index (χ1n) is 8.88. The SMILES string of the molecule is CCOCCOc1cc(C)ccc1CNC(=O)C(C)(N)c1ccccc1. The summed E-state index contributed by atoms with van der Waals surface area (Å²) in [6.07, 6.45) is 0. The molecular weight excluding hydrogens is 328 g/mol. The second-order valence-corrected chi connectivity index (χ2v) is 6.41. The Balaban J connectivity index is 2.03. The monoisotopic (exact) mass is 356 g/mol. The van der Waals surface area contributed by atoms with E-state index in [0.717, 1.165) is 22.4 Å². The van der Waals surface area contributed by atoms with E-state index in [2.05, 4.69) is 5.32 Å². The van der Waals surface area contributed by atoms with E-state index in [4.69, 9.17) is 15.2 Å². The molecule has 0 spiro atoms. The maximum Gasteiger partial charge on any atom is 0.244 e. The van der Waals surface area contributed by atoms with E-state index in [0.29, 0.717) is 26.4 Å². The highest BCUT2D eigenvalue weighted by molar-refractivity contribution is 5.87. The lowest BCUT2D eigenvalue weighted by Gasteiger charge is -2.24. The number of nitrogens with two attached hydrogens (primary N) is 1. The molecule has 0 bridgehead atoms. The first kappa shape index (κ1) is 19.9. The van der Waals surface area contributed by atoms with Gasteiger partial charge in [-0.05, 0) is 38.0 Å². The van der Waals surface area contributed by atoms with Gasteiger partial charge < -0.3 is 20.5 Å². The zero-order chi connectivity index (χ0) is 19.0. The van der Waals surface area contributed by atoms with Gasteiger partial charge in [-0.25, -0.2) is 0 Å². The summed E-state index contributed by atoms with van der Waals surface area (Å²) in [5, 5.41) is 2.92. The van der Waals surface area contributed by atoms with Gasteiger partial charge in [0.1, 0.15) is 17.9 Å². The lowest BCUT2D eigenvalue weighted by Crippen LogP contribution is -2.48. The fourth-order valence-electron chi connectivity index (χ4n) is 2.57. The van der Waals surface area contributed by atoms with Crippen LogP contribution in [-0.4, -0.2) is 25.7 Å². The van der Waals surface area contributed by atoms with E-state index in [1.807, 2.05) is 62.4 Å². The van der Waals surface area contributed by atoms with E-state index in [9.17, 15) is 4.79 Å². The van der Waals surface area contributed by atoms with Crippen LogP contribution in [0.3, 0.4) is 0 Å². The van der Waals surface area contributed by atoms with Gasteiger partial charge in [-0.15, -0.1) is 0 Å². The minimum absolute atomic E-state index is 0.232. The van der Waals surface area contributed by atoms with Gasteiger partial charge in [-0.3, -0.25) is 4.79 Å². The molecule has 0 aromatic heterocycles. The van der Waals surface area contributed by atoms with Crippen LogP contribution in [0.4, 0.5) is 0 Å². The van der Waals surface area contributed by atoms with Crippen molar-refractivity contribution >= 4 is 5.91 Å². The minimum Gasteiger partial charge on any atom is -0.491 e. The molecule has 0 saturated carbocycles. The molecular formula is C21H28N2O3. The number of rotatable bonds is 9. The Morgan fingerprint density at radius 1 is 1.15 bits per heavy atom. The van der Waals surface area contributed by atoms with Gasteiger partial charge >= 0.3 is 0 Å². The first-order chi connectivity index (χ1) is 12.4. The summed E-state index contributed by atoms with van der Waals surface area (Å²) in [4.78, 5) is 12.6. The highest BCUT2D eigenvalue weighted by Gasteiger charge is 2.30. The van der Waals surface area contributed by atoms with Crippen molar-refractivity contribution in [1.82, 2.24) is 5.32 Å². The molecule has 26 heavy (non-hydrogen) atoms. The predicted molar refractivity (Wildman–Crippen MR) is 103 cm³/mol. The van der Waals surface area contributed by atoms with Crippen molar-refractivity contribution in [3.8, 4) is 5.75 Å². The van der Waals surface area contributed by atoms with Crippen LogP contribution in [0.1, 0.15) is 30.5 Å². The molecule has 0 heterocycles. The second kappa shape index (κ2) is 9.36. The molecule has 2 aromatic carbocycles. The van der Waals surface area contributed by atoms with Gasteiger partial charge in [0.2, 0.25) is 5.91 Å². The summed E-state index contributed by atoms with van der Waals surface area (Å²) >= 11 is 0. The number of ether oxygens (including phenoxy) is 2. The molecule has 0 aliphatic rings. The standard InChI is InChI=1S/C21H28N2O3/c1-4-25-12-13-26-19-14-16(2)10-11-17(19)15-23-20(24)21(3,22)18-8-6-5-7-9-18/h5-11,14H,4,12-13,15,22H2,1-3H3,(H,23,24). The number of benzene rings is 2. The molecule has 2 rings (SSSR count). The molecule has 1 unspecified atom stereocenters. The first-order valence-corrected chi connectivity index (χ1v) is 8.88. The van der Waals surface area contributed by atoms with Crippen LogP contribution in [0.5, 0.6) is 5.75 Å². The van der Waals surface area contributed by atoms with Crippen LogP contribution in [-0.2, 0) is 21.6 Å². The third kappa shape index (κ3) is 5.31. The molecule has 0 aliphatic carbocycles. The molecule has 5 heteroatoms. The average Bonchev–Trinajstić information content (AvgIpc) is 2.65. The fraction of sp³-hybridized carbons (Fsp3) is 0.381. The highest BCUT2D eigenvalue weighted by atomic mass is 16.5. The van der Waals surface area contributed by atoms with Crippen LogP contribution in [0.2, 0.25) is 0 Å². The van der Waals surface area contributed by atoms with E-state index < -0.39 is 5.54 Å². The van der Waals surface area contributed by atoms with Crippen molar-refractivity contribution in [2.75, 3.05) is 19.8 Å². The Morgan fingerprint density at radius 2 is 1.88 bits per heavy atom. The molecule has 0 aliphatic heterocycles. The third-order valence-electron chi connectivity index (χ3n) is 4.20. The maximum atomic E-state index is 12.6. The summed E-state index contributed by atoms with van der Waals surface area (Å²) in [5.41, 5.74) is 7.94. The number of nitrogens with one attached hydrogen (secondary N) is 1. The van der Waals surface area contributed by atoms with Crippen LogP contribution in [0.25, 0.3) is 0 Å². The number of hydrogen-bond donors (Lipinski definition) is 2. The molecule has 1 amide bonds. The third-order valence-corrected chi connectivity index (χ3v) is 4.20. The Hall–Kier alpha value is -2.37. The number of carbonyl (C=O) groups is 1. The Labute approximate surface area is 155 Å². The van der Waals surface area contributed by atoms with Gasteiger partial charge in [0.15, 0.2) is 0 Å². The van der Waals surface area contributed by atoms with Crippen LogP contribution in [0.15, 0.2) is 48.5 Å². The van der Waals surface area contributed by atoms with E-state index in [-0.39, 0.29) is 5.91 Å². The van der Waals surface area contributed by atoms with Crippen molar-refractivity contribution < 1.29 is 14.3 Å². The van der Waals surface area contributed by atoms with E-state index in [1.54, 1.807) is 6.92 Å². The quantitative estimate of drug-likeness (QED) is 0.678. The van der Waals surface area contributed by atoms with Crippen molar-refractivity contribution in [3.05, 3.63) is 65.2 Å². The zero-order valence-corrected chi connectivity index (χ0v) is 15.7. The van der Waals surface area contributed by atoms with E-state index >= 15 is 0 Å². The van der Waals surface area contributed by atoms with Gasteiger partial charge in [0.25, 0.3) is 0 Å². The number of aryl methyl sites for hydroxylation is 1. The smallest absolute Gasteiger partial charge is 0.244 e. The fourth-order valence-corrected chi connectivity index (χ4v) is 2.57. The molecule has 0 saturated heterocycles. The van der Waals surface area contributed by atoms with E-state index in [1.165, 1.54) is 0 Å². The highest BCUT2D eigenvalue weighted by Crippen LogP contribution is 2.22. The van der Waals surface area contributed by atoms with Gasteiger partial charge in [-0.1, -0.05) is 42.5 Å². The van der Waals surface area contributed by atoms with Crippen molar-refractivity contribution in [1.29, 1.82) is 0 Å². The minimum atomic E-state index is -1.10. The predicted octanol–water partition coefficient (Wildman–Crippen LogP) is 2.90. The number of amides is 1. The summed E-state index contributed by atoms with van der Waals surface area (Å²) in [7, 11) is 0. The number of carbonyl (C=O) groups excluding carboxylic acids is 1. The molecule has 0 radical (unpaired) electrons. The lowest BCUT2D eigenvalue weighted by molar-refractivity contribution is -0.126. The average molecular weight is 356 g/mol. The van der Waals surface area contributed by atoms with Gasteiger partial charge in [0.05, 0.1) is 6.61 Å². The van der Waals surface area contributed by atoms with Crippen molar-refractivity contribution in [2.24, 2.45) is 5.73 Å². The summed E-state index contributed by atoms with van der Waals surface area (Å²) < 4.78 is 11.1. The van der Waals surface area contributed by atoms with Crippen LogP contribution < -0.4 is 15.8 Å². The van der Waals surface area contributed by atoms with Crippen molar-refractivity contribution in [3.63, 3.8) is 0 Å². The van der Waals surface area contributed by atoms with Gasteiger partial charge in [-0.2, -0.15) is 0 Å². The molecule has 2 aromatic rings. The molecule has 0 fully saturated rings. The maximum absolute atomic E-state index is 12.6. The summed E-state index contributed by atoms with van der Waals surface area (Å²) in [6.45, 7) is 7.68. The van der Waals surface area contributed by atoms with Gasteiger partial charge in [0, 0.05) is 18.7 Å². The Kier molecular flexibility index (Phi) is 7.18. The molecule has 1 atom stereocenters. The van der Waals surface area contributed by atoms with Crippen LogP contribution in [0, 0.1) is 6.92 Å². The van der Waals surface area contributed by atoms with Crippen molar-refractivity contribution in [2.45, 2.75) is 32.9 Å². The van der Waals surface area contributed by atoms with Crippen LogP contribution >= 0.6 is 0 Å². The Morgan fingerprint density at radius 3 is 2.58 bits per heavy atom. The number of hydrogen-bond acceptors (Lipinski definition) is 4. The molecule has 3 N–H and O–H groups in total. The lowest BCUT2D eigenvalue weighted by atomic mass is 9.92. The molecule has 5 nitrogen and oxygen atoms in total. The largest absolute Gasteiger partial charge is 0.491 e. The topological polar surface area (TPSA) is 73.6 Å². The Bertz CT molecular complexity index is 714. The molecule has 140 valence electrons. The summed E-state index contributed by atoms with van der Waals surface area (Å²) in [5.74, 6) is 0.521. The second-order valence-electron chi connectivity index (χ2n) is 6.41. The normalized spacial score (nSPS) is 13.1.